The minimum Gasteiger partial charge on any atom is -0.507 e. The summed E-state index contributed by atoms with van der Waals surface area (Å²) in [5.74, 6) is 4.60. The van der Waals surface area contributed by atoms with Gasteiger partial charge in [0.05, 0.1) is 0 Å². The molecule has 2 nitrogen and oxygen atoms in total. The zero-order valence-corrected chi connectivity index (χ0v) is 20.5. The predicted molar refractivity (Wildman–Crippen MR) is 133 cm³/mol. The summed E-state index contributed by atoms with van der Waals surface area (Å²) in [7, 11) is 0. The topological polar surface area (TPSA) is 40.5 Å². The van der Waals surface area contributed by atoms with Gasteiger partial charge in [-0.15, -0.1) is 0 Å². The van der Waals surface area contributed by atoms with Gasteiger partial charge in [0.1, 0.15) is 11.5 Å². The molecular weight excluding hydrogens is 392 g/mol. The molecule has 0 bridgehead atoms. The van der Waals surface area contributed by atoms with Gasteiger partial charge in [0.15, 0.2) is 0 Å². The third-order valence-corrected chi connectivity index (χ3v) is 8.75. The van der Waals surface area contributed by atoms with Crippen molar-refractivity contribution in [2.45, 2.75) is 96.8 Å². The molecule has 2 aromatic carbocycles. The Morgan fingerprint density at radius 3 is 1.09 bits per heavy atom. The number of phenols is 2. The zero-order chi connectivity index (χ0) is 22.7. The summed E-state index contributed by atoms with van der Waals surface area (Å²) in [5.41, 5.74) is 6.82. The van der Waals surface area contributed by atoms with E-state index in [1.54, 1.807) is 0 Å². The van der Waals surface area contributed by atoms with Crippen LogP contribution in [0.25, 0.3) is 11.1 Å². The van der Waals surface area contributed by atoms with E-state index in [1.807, 2.05) is 0 Å². The van der Waals surface area contributed by atoms with Gasteiger partial charge in [0, 0.05) is 0 Å². The third kappa shape index (κ3) is 4.06. The summed E-state index contributed by atoms with van der Waals surface area (Å²) in [4.78, 5) is 0. The fourth-order valence-corrected chi connectivity index (χ4v) is 5.73. The Kier molecular flexibility index (Phi) is 5.55. The number of phenolic OH excluding ortho intramolecular Hbond substituents is 2. The van der Waals surface area contributed by atoms with Crippen LogP contribution in [0.1, 0.15) is 119 Å². The fourth-order valence-electron chi connectivity index (χ4n) is 5.73. The van der Waals surface area contributed by atoms with Gasteiger partial charge in [0.2, 0.25) is 0 Å². The highest BCUT2D eigenvalue weighted by atomic mass is 16.3. The molecule has 2 heteroatoms. The van der Waals surface area contributed by atoms with Crippen LogP contribution in [0.15, 0.2) is 24.3 Å². The molecule has 0 aliphatic heterocycles. The number of aromatic hydroxyl groups is 2. The second kappa shape index (κ2) is 8.12. The largest absolute Gasteiger partial charge is 0.507 e. The van der Waals surface area contributed by atoms with E-state index >= 15 is 0 Å². The molecule has 0 spiro atoms. The summed E-state index contributed by atoms with van der Waals surface area (Å²) in [6.07, 6.45) is 7.65. The quantitative estimate of drug-likeness (QED) is 0.439. The molecule has 0 radical (unpaired) electrons. The van der Waals surface area contributed by atoms with Gasteiger partial charge < -0.3 is 10.2 Å². The van der Waals surface area contributed by atoms with Crippen molar-refractivity contribution in [3.8, 4) is 22.6 Å². The lowest BCUT2D eigenvalue weighted by Crippen LogP contribution is -2.04. The van der Waals surface area contributed by atoms with Crippen LogP contribution in [-0.2, 0) is 0 Å². The van der Waals surface area contributed by atoms with Gasteiger partial charge in [-0.2, -0.15) is 0 Å². The molecule has 0 heterocycles. The predicted octanol–water partition coefficient (Wildman–Crippen LogP) is 8.43. The number of benzene rings is 2. The Bertz CT molecular complexity index is 969. The van der Waals surface area contributed by atoms with Gasteiger partial charge in [-0.3, -0.25) is 0 Å². The second-order valence-corrected chi connectivity index (χ2v) is 11.5. The van der Waals surface area contributed by atoms with E-state index in [1.165, 1.54) is 49.7 Å². The van der Waals surface area contributed by atoms with Gasteiger partial charge in [-0.1, -0.05) is 34.6 Å². The van der Waals surface area contributed by atoms with E-state index in [0.29, 0.717) is 47.0 Å². The van der Waals surface area contributed by atoms with Crippen molar-refractivity contribution in [2.24, 2.45) is 17.8 Å². The Hall–Kier alpha value is -1.96. The summed E-state index contributed by atoms with van der Waals surface area (Å²) in [6, 6.07) is 8.95. The lowest BCUT2D eigenvalue weighted by Gasteiger charge is -2.23. The lowest BCUT2D eigenvalue weighted by atomic mass is 9.83. The van der Waals surface area contributed by atoms with E-state index < -0.39 is 0 Å². The number of rotatable bonds is 8. The molecular formula is C30H40O2. The van der Waals surface area contributed by atoms with Gasteiger partial charge in [-0.05, 0) is 138 Å². The normalized spacial score (nSPS) is 21.6. The number of hydrogen-bond acceptors (Lipinski definition) is 2. The molecule has 3 fully saturated rings. The molecule has 0 amide bonds. The molecule has 3 aliphatic carbocycles. The van der Waals surface area contributed by atoms with Crippen molar-refractivity contribution < 1.29 is 10.2 Å². The molecule has 0 saturated heterocycles. The van der Waals surface area contributed by atoms with Gasteiger partial charge >= 0.3 is 0 Å². The first-order valence-electron chi connectivity index (χ1n) is 13.0. The standard InChI is InChI=1S/C30H40O2/c1-16(2)25-12-23(13-26(29(25)31)17(3)20-6-7-20)24-14-27(18(4)21-8-9-21)30(32)28(15-24)19(5)22-10-11-22/h12-22,31-32H,6-11H2,1-5H3/t17-,18-,19-/m1/s1. The molecule has 3 aliphatic rings. The fraction of sp³-hybridized carbons (Fsp3) is 0.600. The van der Waals surface area contributed by atoms with E-state index in [4.69, 9.17) is 0 Å². The van der Waals surface area contributed by atoms with Crippen LogP contribution in [0.4, 0.5) is 0 Å². The van der Waals surface area contributed by atoms with Gasteiger partial charge in [0.25, 0.3) is 0 Å². The molecule has 2 N–H and O–H groups in total. The van der Waals surface area contributed by atoms with Crippen LogP contribution < -0.4 is 0 Å². The molecule has 3 saturated carbocycles. The van der Waals surface area contributed by atoms with Crippen molar-refractivity contribution >= 4 is 0 Å². The first-order chi connectivity index (χ1) is 15.3. The Labute approximate surface area is 194 Å². The van der Waals surface area contributed by atoms with Crippen molar-refractivity contribution in [1.29, 1.82) is 0 Å². The molecule has 2 aromatic rings. The molecule has 3 atom stereocenters. The second-order valence-electron chi connectivity index (χ2n) is 11.5. The van der Waals surface area contributed by atoms with E-state index in [0.717, 1.165) is 22.3 Å². The molecule has 0 unspecified atom stereocenters. The lowest BCUT2D eigenvalue weighted by molar-refractivity contribution is 0.443. The first-order valence-corrected chi connectivity index (χ1v) is 13.0. The van der Waals surface area contributed by atoms with Crippen LogP contribution in [0.3, 0.4) is 0 Å². The highest BCUT2D eigenvalue weighted by Gasteiger charge is 2.35. The maximum Gasteiger partial charge on any atom is 0.122 e. The van der Waals surface area contributed by atoms with Crippen molar-refractivity contribution in [2.75, 3.05) is 0 Å². The average Bonchev–Trinajstić information content (AvgIpc) is 3.64. The maximum absolute atomic E-state index is 11.3. The van der Waals surface area contributed by atoms with E-state index in [-0.39, 0.29) is 5.92 Å². The molecule has 0 aromatic heterocycles. The summed E-state index contributed by atoms with van der Waals surface area (Å²) in [5, 5.41) is 22.5. The summed E-state index contributed by atoms with van der Waals surface area (Å²) < 4.78 is 0. The summed E-state index contributed by atoms with van der Waals surface area (Å²) >= 11 is 0. The van der Waals surface area contributed by atoms with Crippen molar-refractivity contribution in [3.63, 3.8) is 0 Å². The van der Waals surface area contributed by atoms with Crippen LogP contribution in [-0.4, -0.2) is 10.2 Å². The van der Waals surface area contributed by atoms with E-state index in [2.05, 4.69) is 58.9 Å². The van der Waals surface area contributed by atoms with Crippen molar-refractivity contribution in [3.05, 3.63) is 46.5 Å². The smallest absolute Gasteiger partial charge is 0.122 e. The van der Waals surface area contributed by atoms with Crippen LogP contribution in [0.2, 0.25) is 0 Å². The van der Waals surface area contributed by atoms with Gasteiger partial charge in [-0.25, -0.2) is 0 Å². The maximum atomic E-state index is 11.3. The van der Waals surface area contributed by atoms with Crippen LogP contribution in [0.5, 0.6) is 11.5 Å². The summed E-state index contributed by atoms with van der Waals surface area (Å²) in [6.45, 7) is 11.2. The minimum atomic E-state index is 0.270. The molecule has 32 heavy (non-hydrogen) atoms. The Morgan fingerprint density at radius 2 is 0.812 bits per heavy atom. The van der Waals surface area contributed by atoms with E-state index in [9.17, 15) is 10.2 Å². The Balaban J connectivity index is 1.66. The highest BCUT2D eigenvalue weighted by Crippen LogP contribution is 2.52. The average molecular weight is 433 g/mol. The van der Waals surface area contributed by atoms with Crippen LogP contribution >= 0.6 is 0 Å². The third-order valence-electron chi connectivity index (χ3n) is 8.75. The minimum absolute atomic E-state index is 0.270. The molecule has 5 rings (SSSR count). The monoisotopic (exact) mass is 432 g/mol. The zero-order valence-electron chi connectivity index (χ0n) is 20.5. The number of hydrogen-bond donors (Lipinski definition) is 2. The first kappa shape index (κ1) is 21.9. The highest BCUT2D eigenvalue weighted by molar-refractivity contribution is 5.72. The van der Waals surface area contributed by atoms with Crippen molar-refractivity contribution in [1.82, 2.24) is 0 Å². The van der Waals surface area contributed by atoms with Crippen LogP contribution in [0, 0.1) is 17.8 Å². The Morgan fingerprint density at radius 1 is 0.531 bits per heavy atom. The SMILES string of the molecule is CC(C)c1cc(-c2cc([C@H](C)C3CC3)c(O)c([C@H](C)C3CC3)c2)cc([C@H](C)C2CC2)c1O. The molecule has 172 valence electrons.